The van der Waals surface area contributed by atoms with Crippen molar-refractivity contribution in [3.8, 4) is 11.3 Å². The highest BCUT2D eigenvalue weighted by molar-refractivity contribution is 7.14. The fraction of sp³-hybridized carbons (Fsp3) is 0.412. The van der Waals surface area contributed by atoms with Crippen molar-refractivity contribution in [3.63, 3.8) is 0 Å². The first-order valence-corrected chi connectivity index (χ1v) is 9.04. The number of carbonyl (C=O) groups excluding carboxylic acids is 1. The minimum atomic E-state index is -0.883. The van der Waals surface area contributed by atoms with E-state index in [0.29, 0.717) is 31.0 Å². The Balaban J connectivity index is 1.57. The summed E-state index contributed by atoms with van der Waals surface area (Å²) in [5.41, 5.74) is 1.15. The van der Waals surface area contributed by atoms with Crippen LogP contribution in [-0.4, -0.2) is 41.7 Å². The number of hydrogen-bond acceptors (Lipinski definition) is 5. The number of ether oxygens (including phenoxy) is 1. The molecule has 0 unspecified atom stereocenters. The number of aromatic nitrogens is 1. The number of thiazole rings is 1. The van der Waals surface area contributed by atoms with Crippen molar-refractivity contribution < 1.29 is 18.3 Å². The van der Waals surface area contributed by atoms with Crippen LogP contribution < -0.4 is 5.32 Å². The largest absolute Gasteiger partial charge is 0.450 e. The Labute approximate surface area is 148 Å². The maximum atomic E-state index is 13.3. The van der Waals surface area contributed by atoms with Crippen LogP contribution in [0.4, 0.5) is 18.7 Å². The van der Waals surface area contributed by atoms with E-state index in [1.807, 2.05) is 5.38 Å². The van der Waals surface area contributed by atoms with Crippen molar-refractivity contribution in [1.82, 2.24) is 9.88 Å². The molecule has 1 aromatic carbocycles. The minimum absolute atomic E-state index is 0.217. The van der Waals surface area contributed by atoms with Gasteiger partial charge in [0.1, 0.15) is 0 Å². The van der Waals surface area contributed by atoms with Crippen LogP contribution in [0.5, 0.6) is 0 Å². The van der Waals surface area contributed by atoms with E-state index in [2.05, 4.69) is 10.3 Å². The van der Waals surface area contributed by atoms with Gasteiger partial charge < -0.3 is 15.0 Å². The number of anilines is 1. The van der Waals surface area contributed by atoms with Gasteiger partial charge in [-0.25, -0.2) is 18.6 Å². The van der Waals surface area contributed by atoms with Crippen LogP contribution in [0, 0.1) is 11.6 Å². The molecule has 0 aliphatic carbocycles. The highest BCUT2D eigenvalue weighted by atomic mass is 32.1. The Kier molecular flexibility index (Phi) is 5.47. The van der Waals surface area contributed by atoms with E-state index in [-0.39, 0.29) is 12.1 Å². The third kappa shape index (κ3) is 4.25. The zero-order valence-corrected chi connectivity index (χ0v) is 14.6. The summed E-state index contributed by atoms with van der Waals surface area (Å²) in [6.07, 6.45) is 1.34. The van der Waals surface area contributed by atoms with Gasteiger partial charge in [-0.3, -0.25) is 0 Å². The lowest BCUT2D eigenvalue weighted by Crippen LogP contribution is -2.42. The van der Waals surface area contributed by atoms with Crippen LogP contribution >= 0.6 is 11.3 Å². The van der Waals surface area contributed by atoms with E-state index in [4.69, 9.17) is 4.74 Å². The lowest BCUT2D eigenvalue weighted by molar-refractivity contribution is 0.0983. The molecule has 1 aromatic heterocycles. The molecule has 2 heterocycles. The topological polar surface area (TPSA) is 54.5 Å². The van der Waals surface area contributed by atoms with Crippen molar-refractivity contribution >= 4 is 22.6 Å². The number of likely N-dealkylation sites (tertiary alicyclic amines) is 1. The maximum absolute atomic E-state index is 13.3. The summed E-state index contributed by atoms with van der Waals surface area (Å²) in [5, 5.41) is 5.89. The van der Waals surface area contributed by atoms with E-state index < -0.39 is 11.6 Å². The van der Waals surface area contributed by atoms with Gasteiger partial charge in [-0.2, -0.15) is 0 Å². The second-order valence-electron chi connectivity index (χ2n) is 5.77. The summed E-state index contributed by atoms with van der Waals surface area (Å²) in [7, 11) is 0. The molecular formula is C17H19F2N3O2S. The Hall–Kier alpha value is -2.22. The third-order valence-corrected chi connectivity index (χ3v) is 4.84. The second-order valence-corrected chi connectivity index (χ2v) is 6.63. The molecule has 0 saturated carbocycles. The number of halogens is 2. The Bertz CT molecular complexity index is 745. The van der Waals surface area contributed by atoms with Gasteiger partial charge in [0.05, 0.1) is 12.3 Å². The number of benzene rings is 1. The highest BCUT2D eigenvalue weighted by Gasteiger charge is 2.24. The summed E-state index contributed by atoms with van der Waals surface area (Å²) >= 11 is 1.42. The van der Waals surface area contributed by atoms with Crippen molar-refractivity contribution in [2.24, 2.45) is 0 Å². The van der Waals surface area contributed by atoms with Crippen LogP contribution in [0.1, 0.15) is 19.8 Å². The molecule has 1 N–H and O–H groups in total. The molecule has 1 amide bonds. The number of rotatable bonds is 4. The van der Waals surface area contributed by atoms with E-state index in [0.717, 1.165) is 30.1 Å². The van der Waals surface area contributed by atoms with Crippen molar-refractivity contribution in [2.75, 3.05) is 25.0 Å². The predicted octanol–water partition coefficient (Wildman–Crippen LogP) is 4.12. The summed E-state index contributed by atoms with van der Waals surface area (Å²) in [6, 6.07) is 3.97. The number of piperidine rings is 1. The summed E-state index contributed by atoms with van der Waals surface area (Å²) < 4.78 is 31.4. The molecule has 0 radical (unpaired) electrons. The van der Waals surface area contributed by atoms with Crippen LogP contribution in [0.25, 0.3) is 11.3 Å². The normalized spacial score (nSPS) is 15.2. The zero-order valence-electron chi connectivity index (χ0n) is 13.8. The van der Waals surface area contributed by atoms with Gasteiger partial charge >= 0.3 is 6.09 Å². The van der Waals surface area contributed by atoms with E-state index >= 15 is 0 Å². The minimum Gasteiger partial charge on any atom is -0.450 e. The van der Waals surface area contributed by atoms with Gasteiger partial charge in [-0.05, 0) is 38.0 Å². The van der Waals surface area contributed by atoms with Crippen LogP contribution in [0.15, 0.2) is 23.6 Å². The van der Waals surface area contributed by atoms with Crippen molar-refractivity contribution in [2.45, 2.75) is 25.8 Å². The Morgan fingerprint density at radius 1 is 1.36 bits per heavy atom. The smallest absolute Gasteiger partial charge is 0.409 e. The quantitative estimate of drug-likeness (QED) is 0.883. The molecule has 1 saturated heterocycles. The molecule has 1 aliphatic heterocycles. The summed E-state index contributed by atoms with van der Waals surface area (Å²) in [4.78, 5) is 17.8. The monoisotopic (exact) mass is 367 g/mol. The van der Waals surface area contributed by atoms with Gasteiger partial charge in [0, 0.05) is 30.1 Å². The fourth-order valence-electron chi connectivity index (χ4n) is 2.72. The lowest BCUT2D eigenvalue weighted by Gasteiger charge is -2.31. The van der Waals surface area contributed by atoms with Gasteiger partial charge in [-0.15, -0.1) is 11.3 Å². The van der Waals surface area contributed by atoms with Gasteiger partial charge in [0.15, 0.2) is 16.8 Å². The average molecular weight is 367 g/mol. The molecule has 134 valence electrons. The Morgan fingerprint density at radius 2 is 2.12 bits per heavy atom. The number of amides is 1. The standard InChI is InChI=1S/C17H19F2N3O2S/c1-2-24-17(23)22-7-5-12(6-8-22)20-16-21-15(10-25-16)11-3-4-13(18)14(19)9-11/h3-4,9-10,12H,2,5-8H2,1H3,(H,20,21). The molecule has 25 heavy (non-hydrogen) atoms. The molecule has 1 fully saturated rings. The Morgan fingerprint density at radius 3 is 2.80 bits per heavy atom. The highest BCUT2D eigenvalue weighted by Crippen LogP contribution is 2.27. The average Bonchev–Trinajstić information content (AvgIpc) is 3.07. The molecule has 0 spiro atoms. The first-order valence-electron chi connectivity index (χ1n) is 8.16. The molecule has 3 rings (SSSR count). The van der Waals surface area contributed by atoms with Crippen molar-refractivity contribution in [1.29, 1.82) is 0 Å². The molecule has 0 bridgehead atoms. The molecule has 1 aliphatic rings. The zero-order chi connectivity index (χ0) is 17.8. The van der Waals surface area contributed by atoms with Crippen LogP contribution in [0.2, 0.25) is 0 Å². The second kappa shape index (κ2) is 7.77. The number of nitrogens with one attached hydrogen (secondary N) is 1. The number of carbonyl (C=O) groups is 1. The fourth-order valence-corrected chi connectivity index (χ4v) is 3.52. The first kappa shape index (κ1) is 17.6. The van der Waals surface area contributed by atoms with Crippen molar-refractivity contribution in [3.05, 3.63) is 35.2 Å². The van der Waals surface area contributed by atoms with E-state index in [1.54, 1.807) is 11.8 Å². The van der Waals surface area contributed by atoms with Gasteiger partial charge in [0.25, 0.3) is 0 Å². The predicted molar refractivity (Wildman–Crippen MR) is 92.7 cm³/mol. The number of nitrogens with zero attached hydrogens (tertiary/aromatic N) is 2. The molecule has 5 nitrogen and oxygen atoms in total. The SMILES string of the molecule is CCOC(=O)N1CCC(Nc2nc(-c3ccc(F)c(F)c3)cs2)CC1. The van der Waals surface area contributed by atoms with Crippen LogP contribution in [0.3, 0.4) is 0 Å². The molecule has 2 aromatic rings. The molecule has 8 heteroatoms. The lowest BCUT2D eigenvalue weighted by atomic mass is 10.1. The van der Waals surface area contributed by atoms with Crippen LogP contribution in [-0.2, 0) is 4.74 Å². The summed E-state index contributed by atoms with van der Waals surface area (Å²) in [5.74, 6) is -1.75. The first-order chi connectivity index (χ1) is 12.1. The van der Waals surface area contributed by atoms with E-state index in [1.165, 1.54) is 17.4 Å². The van der Waals surface area contributed by atoms with E-state index in [9.17, 15) is 13.6 Å². The van der Waals surface area contributed by atoms with Gasteiger partial charge in [0.2, 0.25) is 0 Å². The maximum Gasteiger partial charge on any atom is 0.409 e. The molecule has 0 atom stereocenters. The molecular weight excluding hydrogens is 348 g/mol. The van der Waals surface area contributed by atoms with Gasteiger partial charge in [-0.1, -0.05) is 0 Å². The third-order valence-electron chi connectivity index (χ3n) is 4.07. The summed E-state index contributed by atoms with van der Waals surface area (Å²) in [6.45, 7) is 3.44. The number of hydrogen-bond donors (Lipinski definition) is 1.